The van der Waals surface area contributed by atoms with Crippen molar-refractivity contribution in [2.24, 2.45) is 5.92 Å². The summed E-state index contributed by atoms with van der Waals surface area (Å²) in [5, 5.41) is 0. The molecule has 3 atom stereocenters. The maximum atomic E-state index is 6.33. The normalized spacial score (nSPS) is 34.0. The molecule has 1 saturated carbocycles. The van der Waals surface area contributed by atoms with Gasteiger partial charge in [0.2, 0.25) is 0 Å². The predicted molar refractivity (Wildman–Crippen MR) is 74.7 cm³/mol. The highest BCUT2D eigenvalue weighted by Crippen LogP contribution is 2.37. The molecule has 15 heavy (non-hydrogen) atoms. The Morgan fingerprint density at radius 2 is 2.27 bits per heavy atom. The summed E-state index contributed by atoms with van der Waals surface area (Å²) < 4.78 is 7.49. The van der Waals surface area contributed by atoms with E-state index < -0.39 is 0 Å². The van der Waals surface area contributed by atoms with Crippen molar-refractivity contribution in [3.63, 3.8) is 0 Å². The zero-order valence-corrected chi connectivity index (χ0v) is 12.5. The van der Waals surface area contributed by atoms with E-state index >= 15 is 0 Å². The second kappa shape index (κ2) is 6.43. The van der Waals surface area contributed by atoms with Gasteiger partial charge in [0.1, 0.15) is 0 Å². The van der Waals surface area contributed by atoms with E-state index in [0.717, 1.165) is 10.3 Å². The third kappa shape index (κ3) is 4.22. The number of rotatable bonds is 5. The van der Waals surface area contributed by atoms with E-state index in [1.807, 2.05) is 0 Å². The lowest BCUT2D eigenvalue weighted by Gasteiger charge is -2.40. The van der Waals surface area contributed by atoms with Crippen LogP contribution in [0.15, 0.2) is 0 Å². The molecule has 1 fully saturated rings. The predicted octanol–water partition coefficient (Wildman–Crippen LogP) is 4.58. The highest BCUT2D eigenvalue weighted by Gasteiger charge is 2.36. The van der Waals surface area contributed by atoms with Gasteiger partial charge in [-0.25, -0.2) is 0 Å². The fourth-order valence-corrected chi connectivity index (χ4v) is 3.64. The van der Waals surface area contributed by atoms with E-state index in [9.17, 15) is 0 Å². The van der Waals surface area contributed by atoms with Crippen molar-refractivity contribution in [1.29, 1.82) is 0 Å². The summed E-state index contributed by atoms with van der Waals surface area (Å²) in [6.45, 7) is 6.84. The molecule has 0 amide bonds. The molecule has 0 aliphatic heterocycles. The van der Waals surface area contributed by atoms with Crippen LogP contribution in [0.3, 0.4) is 0 Å². The largest absolute Gasteiger partial charge is 0.371 e. The number of hydrogen-bond donors (Lipinski definition) is 0. The van der Waals surface area contributed by atoms with E-state index in [1.54, 1.807) is 0 Å². The molecular formula is C13H25IO. The molecule has 0 aromatic heterocycles. The molecule has 90 valence electrons. The van der Waals surface area contributed by atoms with Crippen molar-refractivity contribution >= 4 is 22.6 Å². The first kappa shape index (κ1) is 13.8. The SMILES string of the molecule is CCCC(C)OC1(CI)CCCC(C)C1. The Bertz CT molecular complexity index is 183. The smallest absolute Gasteiger partial charge is 0.0777 e. The molecule has 1 rings (SSSR count). The molecule has 1 nitrogen and oxygen atoms in total. The first-order chi connectivity index (χ1) is 7.12. The minimum Gasteiger partial charge on any atom is -0.371 e. The van der Waals surface area contributed by atoms with Crippen LogP contribution in [0.1, 0.15) is 59.3 Å². The molecule has 0 heterocycles. The number of alkyl halides is 1. The summed E-state index contributed by atoms with van der Waals surface area (Å²) in [6.07, 6.45) is 8.15. The van der Waals surface area contributed by atoms with Crippen molar-refractivity contribution in [2.75, 3.05) is 4.43 Å². The minimum absolute atomic E-state index is 0.201. The van der Waals surface area contributed by atoms with Crippen LogP contribution >= 0.6 is 22.6 Å². The Labute approximate surface area is 108 Å². The van der Waals surface area contributed by atoms with Crippen molar-refractivity contribution in [2.45, 2.75) is 71.0 Å². The molecular weight excluding hydrogens is 299 g/mol. The van der Waals surface area contributed by atoms with Gasteiger partial charge in [0.25, 0.3) is 0 Å². The molecule has 3 unspecified atom stereocenters. The molecule has 1 aliphatic carbocycles. The third-order valence-electron chi connectivity index (χ3n) is 3.44. The van der Waals surface area contributed by atoms with Gasteiger partial charge in [-0.1, -0.05) is 55.7 Å². The molecule has 0 saturated heterocycles. The topological polar surface area (TPSA) is 9.23 Å². The Balaban J connectivity index is 2.51. The Morgan fingerprint density at radius 1 is 1.53 bits per heavy atom. The average Bonchev–Trinajstić information content (AvgIpc) is 2.18. The summed E-state index contributed by atoms with van der Waals surface area (Å²) in [6, 6.07) is 0. The van der Waals surface area contributed by atoms with Crippen molar-refractivity contribution in [3.05, 3.63) is 0 Å². The van der Waals surface area contributed by atoms with Crippen LogP contribution in [-0.2, 0) is 4.74 Å². The quantitative estimate of drug-likeness (QED) is 0.531. The second-order valence-electron chi connectivity index (χ2n) is 5.24. The summed E-state index contributed by atoms with van der Waals surface area (Å²) in [7, 11) is 0. The highest BCUT2D eigenvalue weighted by atomic mass is 127. The molecule has 1 aliphatic rings. The molecule has 2 heteroatoms. The summed E-state index contributed by atoms with van der Waals surface area (Å²) in [5.41, 5.74) is 0.201. The van der Waals surface area contributed by atoms with E-state index in [0.29, 0.717) is 6.10 Å². The maximum Gasteiger partial charge on any atom is 0.0777 e. The van der Waals surface area contributed by atoms with Crippen molar-refractivity contribution in [1.82, 2.24) is 0 Å². The van der Waals surface area contributed by atoms with Crippen LogP contribution in [-0.4, -0.2) is 16.1 Å². The molecule has 0 radical (unpaired) electrons. The first-order valence-electron chi connectivity index (χ1n) is 6.35. The van der Waals surface area contributed by atoms with Crippen molar-refractivity contribution < 1.29 is 4.74 Å². The van der Waals surface area contributed by atoms with Gasteiger partial charge < -0.3 is 4.74 Å². The molecule has 0 bridgehead atoms. The average molecular weight is 324 g/mol. The highest BCUT2D eigenvalue weighted by molar-refractivity contribution is 14.1. The maximum absolute atomic E-state index is 6.33. The number of halogens is 1. The van der Waals surface area contributed by atoms with Crippen LogP contribution in [0.5, 0.6) is 0 Å². The Hall–Kier alpha value is 0.690. The van der Waals surface area contributed by atoms with Gasteiger partial charge >= 0.3 is 0 Å². The van der Waals surface area contributed by atoms with Crippen LogP contribution < -0.4 is 0 Å². The standard InChI is InChI=1S/C13H25IO/c1-4-6-12(3)15-13(10-14)8-5-7-11(2)9-13/h11-12H,4-10H2,1-3H3. The second-order valence-corrected chi connectivity index (χ2v) is 6.00. The lowest BCUT2D eigenvalue weighted by atomic mass is 9.80. The number of ether oxygens (including phenoxy) is 1. The monoisotopic (exact) mass is 324 g/mol. The lowest BCUT2D eigenvalue weighted by Crippen LogP contribution is -2.41. The zero-order chi connectivity index (χ0) is 11.3. The van der Waals surface area contributed by atoms with E-state index in [2.05, 4.69) is 43.4 Å². The van der Waals surface area contributed by atoms with Gasteiger partial charge in [-0.3, -0.25) is 0 Å². The third-order valence-corrected chi connectivity index (χ3v) is 4.83. The van der Waals surface area contributed by atoms with Gasteiger partial charge in [0, 0.05) is 4.43 Å². The van der Waals surface area contributed by atoms with Crippen LogP contribution in [0.25, 0.3) is 0 Å². The molecule has 0 aromatic rings. The van der Waals surface area contributed by atoms with Gasteiger partial charge in [-0.15, -0.1) is 0 Å². The Morgan fingerprint density at radius 3 is 2.80 bits per heavy atom. The zero-order valence-electron chi connectivity index (χ0n) is 10.4. The number of hydrogen-bond acceptors (Lipinski definition) is 1. The van der Waals surface area contributed by atoms with E-state index in [1.165, 1.54) is 38.5 Å². The van der Waals surface area contributed by atoms with E-state index in [-0.39, 0.29) is 5.60 Å². The summed E-state index contributed by atoms with van der Waals surface area (Å²) in [5.74, 6) is 0.849. The van der Waals surface area contributed by atoms with Gasteiger partial charge in [-0.05, 0) is 32.1 Å². The molecule has 0 spiro atoms. The summed E-state index contributed by atoms with van der Waals surface area (Å²) in [4.78, 5) is 0. The van der Waals surface area contributed by atoms with E-state index in [4.69, 9.17) is 4.74 Å². The lowest BCUT2D eigenvalue weighted by molar-refractivity contribution is -0.101. The molecule has 0 N–H and O–H groups in total. The fourth-order valence-electron chi connectivity index (χ4n) is 2.76. The van der Waals surface area contributed by atoms with Crippen LogP contribution in [0, 0.1) is 5.92 Å². The Kier molecular flexibility index (Phi) is 5.90. The minimum atomic E-state index is 0.201. The molecule has 0 aromatic carbocycles. The van der Waals surface area contributed by atoms with Gasteiger partial charge in [-0.2, -0.15) is 0 Å². The first-order valence-corrected chi connectivity index (χ1v) is 7.88. The van der Waals surface area contributed by atoms with Gasteiger partial charge in [0.15, 0.2) is 0 Å². The van der Waals surface area contributed by atoms with Crippen molar-refractivity contribution in [3.8, 4) is 0 Å². The van der Waals surface area contributed by atoms with Gasteiger partial charge in [0.05, 0.1) is 11.7 Å². The summed E-state index contributed by atoms with van der Waals surface area (Å²) >= 11 is 2.51. The fraction of sp³-hybridized carbons (Fsp3) is 1.00. The van der Waals surface area contributed by atoms with Crippen LogP contribution in [0.4, 0.5) is 0 Å². The van der Waals surface area contributed by atoms with Crippen LogP contribution in [0.2, 0.25) is 0 Å².